The van der Waals surface area contributed by atoms with Gasteiger partial charge < -0.3 is 37.3 Å². The molecule has 308 valence electrons. The Balaban J connectivity index is 1.46. The van der Waals surface area contributed by atoms with Crippen LogP contribution in [0.5, 0.6) is 5.75 Å². The van der Waals surface area contributed by atoms with Crippen LogP contribution in [0, 0.1) is 5.92 Å². The summed E-state index contributed by atoms with van der Waals surface area (Å²) < 4.78 is 47.0. The molecule has 3 aromatic rings. The van der Waals surface area contributed by atoms with Crippen LogP contribution < -0.4 is 15.1 Å². The van der Waals surface area contributed by atoms with Crippen molar-refractivity contribution in [2.75, 3.05) is 20.8 Å². The average Bonchev–Trinajstić information content (AvgIpc) is 3.16. The van der Waals surface area contributed by atoms with Gasteiger partial charge in [0.05, 0.1) is 50.8 Å². The Morgan fingerprint density at radius 2 is 1.34 bits per heavy atom. The molecule has 3 aromatic carbocycles. The number of benzene rings is 3. The zero-order valence-corrected chi connectivity index (χ0v) is 37.8. The van der Waals surface area contributed by atoms with Crippen molar-refractivity contribution in [1.29, 1.82) is 0 Å². The molecule has 0 N–H and O–H groups in total. The summed E-state index contributed by atoms with van der Waals surface area (Å²) in [5.74, 6) is -0.499. The first-order valence-electron chi connectivity index (χ1n) is 20.5. The highest BCUT2D eigenvalue weighted by Gasteiger charge is 2.54. The molecule has 7 atom stereocenters. The summed E-state index contributed by atoms with van der Waals surface area (Å²) in [7, 11) is -1.60. The fraction of sp³-hybridized carbons (Fsp3) is 0.587. The van der Waals surface area contributed by atoms with Crippen LogP contribution in [0.25, 0.3) is 0 Å². The van der Waals surface area contributed by atoms with Gasteiger partial charge in [-0.2, -0.15) is 0 Å². The van der Waals surface area contributed by atoms with Gasteiger partial charge in [0.25, 0.3) is 8.32 Å². The molecular formula is C46H68O8Si2. The van der Waals surface area contributed by atoms with E-state index in [0.29, 0.717) is 45.3 Å². The Kier molecular flexibility index (Phi) is 14.7. The molecule has 10 heteroatoms. The van der Waals surface area contributed by atoms with E-state index in [1.165, 1.54) is 10.4 Å². The SMILES string of the molecule is COc1ccc(CO[C@H](C[C@@H]2C[C@H](OC)C[C@]3(C[C@@H](O[Si](C)(C)C(C)(C)C)C[C@H](CO[Si](c4ccccc4)(c4ccccc4)C(C)(C)C)O3)O2)[C@@H](C)C=O)cc1. The second-order valence-electron chi connectivity index (χ2n) is 18.5. The van der Waals surface area contributed by atoms with Crippen molar-refractivity contribution in [2.45, 2.75) is 147 Å². The summed E-state index contributed by atoms with van der Waals surface area (Å²) in [6.45, 7) is 21.1. The van der Waals surface area contributed by atoms with Crippen molar-refractivity contribution < 1.29 is 37.3 Å². The van der Waals surface area contributed by atoms with Crippen molar-refractivity contribution in [1.82, 2.24) is 0 Å². The van der Waals surface area contributed by atoms with E-state index in [0.717, 1.165) is 17.6 Å². The molecule has 0 amide bonds. The van der Waals surface area contributed by atoms with E-state index in [-0.39, 0.29) is 46.5 Å². The van der Waals surface area contributed by atoms with Gasteiger partial charge in [0.15, 0.2) is 14.1 Å². The molecule has 0 unspecified atom stereocenters. The van der Waals surface area contributed by atoms with E-state index in [4.69, 9.17) is 32.5 Å². The zero-order chi connectivity index (χ0) is 40.8. The van der Waals surface area contributed by atoms with Crippen LogP contribution in [-0.4, -0.2) is 80.1 Å². The number of methoxy groups -OCH3 is 2. The fourth-order valence-corrected chi connectivity index (χ4v) is 14.2. The van der Waals surface area contributed by atoms with Crippen LogP contribution in [0.4, 0.5) is 0 Å². The third kappa shape index (κ3) is 10.5. The number of rotatable bonds is 16. The standard InChI is InChI=1S/C46H68O8Si2/c1-34(31-47)43(50-32-35-22-24-36(48-8)25-23-35)28-37-26-38(49-9)29-46(52-37)30-39(54-55(10,11)44(2,3)4)27-40(53-46)33-51-56(45(5,6)7,41-18-14-12-15-19-41)42-20-16-13-17-21-42/h12-25,31,34,37-40,43H,26-30,32-33H2,1-11H3/t34-,37-,38-,39-,40+,43+,46-/m0/s1. The van der Waals surface area contributed by atoms with Crippen LogP contribution in [0.1, 0.15) is 86.1 Å². The van der Waals surface area contributed by atoms with Crippen molar-refractivity contribution >= 4 is 33.3 Å². The first-order valence-corrected chi connectivity index (χ1v) is 25.3. The summed E-state index contributed by atoms with van der Waals surface area (Å²) in [5.41, 5.74) is 1.01. The molecule has 0 radical (unpaired) electrons. The van der Waals surface area contributed by atoms with Crippen LogP contribution in [0.2, 0.25) is 23.2 Å². The van der Waals surface area contributed by atoms with E-state index in [1.54, 1.807) is 14.2 Å². The predicted octanol–water partition coefficient (Wildman–Crippen LogP) is 8.84. The molecule has 1 spiro atoms. The summed E-state index contributed by atoms with van der Waals surface area (Å²) in [5, 5.41) is 2.32. The molecule has 0 aliphatic carbocycles. The highest BCUT2D eigenvalue weighted by molar-refractivity contribution is 6.99. The van der Waals surface area contributed by atoms with Crippen LogP contribution >= 0.6 is 0 Å². The van der Waals surface area contributed by atoms with Crippen LogP contribution in [0.3, 0.4) is 0 Å². The van der Waals surface area contributed by atoms with E-state index >= 15 is 0 Å². The minimum absolute atomic E-state index is 0.0316. The average molecular weight is 805 g/mol. The molecule has 56 heavy (non-hydrogen) atoms. The monoisotopic (exact) mass is 804 g/mol. The Bertz CT molecular complexity index is 1620. The first kappa shape index (κ1) is 44.4. The summed E-state index contributed by atoms with van der Waals surface area (Å²) in [6.07, 6.45) is 2.94. The molecule has 5 rings (SSSR count). The van der Waals surface area contributed by atoms with Gasteiger partial charge in [0.2, 0.25) is 0 Å². The van der Waals surface area contributed by atoms with Crippen molar-refractivity contribution in [3.05, 3.63) is 90.5 Å². The molecule has 2 saturated heterocycles. The molecule has 0 aromatic heterocycles. The molecule has 2 heterocycles. The van der Waals surface area contributed by atoms with Gasteiger partial charge >= 0.3 is 0 Å². The van der Waals surface area contributed by atoms with Gasteiger partial charge in [-0.15, -0.1) is 0 Å². The maximum atomic E-state index is 12.2. The van der Waals surface area contributed by atoms with Crippen molar-refractivity contribution in [3.63, 3.8) is 0 Å². The lowest BCUT2D eigenvalue weighted by atomic mass is 9.87. The highest BCUT2D eigenvalue weighted by Crippen LogP contribution is 2.46. The van der Waals surface area contributed by atoms with Crippen molar-refractivity contribution in [2.24, 2.45) is 5.92 Å². The third-order valence-corrected chi connectivity index (χ3v) is 21.9. The minimum Gasteiger partial charge on any atom is -0.497 e. The second kappa shape index (κ2) is 18.5. The van der Waals surface area contributed by atoms with Crippen LogP contribution in [0.15, 0.2) is 84.9 Å². The predicted molar refractivity (Wildman–Crippen MR) is 229 cm³/mol. The van der Waals surface area contributed by atoms with Gasteiger partial charge in [-0.1, -0.05) is 121 Å². The number of carbonyl (C=O) groups is 1. The number of hydrogen-bond donors (Lipinski definition) is 0. The Morgan fingerprint density at radius 3 is 1.86 bits per heavy atom. The number of aldehydes is 1. The number of ether oxygens (including phenoxy) is 5. The maximum absolute atomic E-state index is 12.2. The molecule has 8 nitrogen and oxygen atoms in total. The molecule has 0 bridgehead atoms. The molecule has 0 saturated carbocycles. The lowest BCUT2D eigenvalue weighted by molar-refractivity contribution is -0.343. The van der Waals surface area contributed by atoms with E-state index in [9.17, 15) is 4.79 Å². The van der Waals surface area contributed by atoms with Gasteiger partial charge in [-0.3, -0.25) is 0 Å². The summed E-state index contributed by atoms with van der Waals surface area (Å²) in [4.78, 5) is 12.2. The van der Waals surface area contributed by atoms with Crippen LogP contribution in [-0.2, 0) is 39.2 Å². The third-order valence-electron chi connectivity index (χ3n) is 12.3. The van der Waals surface area contributed by atoms with Gasteiger partial charge in [-0.05, 0) is 51.2 Å². The van der Waals surface area contributed by atoms with E-state index in [2.05, 4.69) is 115 Å². The lowest BCUT2D eigenvalue weighted by Gasteiger charge is -2.52. The number of carbonyl (C=O) groups excluding carboxylic acids is 1. The Hall–Kier alpha value is -2.68. The molecular weight excluding hydrogens is 737 g/mol. The second-order valence-corrected chi connectivity index (χ2v) is 27.6. The minimum atomic E-state index is -2.84. The Morgan fingerprint density at radius 1 is 0.786 bits per heavy atom. The Labute approximate surface area is 339 Å². The quantitative estimate of drug-likeness (QED) is 0.105. The lowest BCUT2D eigenvalue weighted by Crippen LogP contribution is -2.67. The topological polar surface area (TPSA) is 81.7 Å². The van der Waals surface area contributed by atoms with Gasteiger partial charge in [-0.25, -0.2) is 0 Å². The fourth-order valence-electron chi connectivity index (χ4n) is 8.25. The smallest absolute Gasteiger partial charge is 0.261 e. The van der Waals surface area contributed by atoms with E-state index in [1.807, 2.05) is 31.2 Å². The molecule has 2 fully saturated rings. The first-order chi connectivity index (χ1) is 26.4. The maximum Gasteiger partial charge on any atom is 0.261 e. The summed E-state index contributed by atoms with van der Waals surface area (Å²) in [6, 6.07) is 29.3. The van der Waals surface area contributed by atoms with Crippen molar-refractivity contribution in [3.8, 4) is 5.75 Å². The number of hydrogen-bond acceptors (Lipinski definition) is 8. The summed E-state index contributed by atoms with van der Waals surface area (Å²) >= 11 is 0. The molecule has 2 aliphatic heterocycles. The highest BCUT2D eigenvalue weighted by atomic mass is 28.4. The zero-order valence-electron chi connectivity index (χ0n) is 35.8. The molecule has 2 aliphatic rings. The van der Waals surface area contributed by atoms with Gasteiger partial charge in [0.1, 0.15) is 12.0 Å². The normalized spacial score (nSPS) is 24.8. The van der Waals surface area contributed by atoms with E-state index < -0.39 is 22.4 Å². The largest absolute Gasteiger partial charge is 0.497 e. The van der Waals surface area contributed by atoms with Gasteiger partial charge in [0, 0.05) is 45.1 Å².